The normalized spacial score (nSPS) is 40.0. The van der Waals surface area contributed by atoms with Crippen molar-refractivity contribution in [1.82, 2.24) is 0 Å². The second-order valence-corrected chi connectivity index (χ2v) is 9.46. The van der Waals surface area contributed by atoms with Gasteiger partial charge in [0.1, 0.15) is 0 Å². The number of ether oxygens (including phenoxy) is 1. The molecule has 4 saturated carbocycles. The maximum Gasteiger partial charge on any atom is 0.364 e. The van der Waals surface area contributed by atoms with E-state index < -0.39 is 33.6 Å². The molecule has 5 nitrogen and oxygen atoms in total. The molecule has 0 saturated heterocycles. The minimum atomic E-state index is -6.03. The molecule has 4 bridgehead atoms. The van der Waals surface area contributed by atoms with Gasteiger partial charge in [-0.25, -0.2) is 12.8 Å². The van der Waals surface area contributed by atoms with E-state index in [9.17, 15) is 31.2 Å². The molecular weight excluding hydrogens is 349 g/mol. The maximum absolute atomic E-state index is 13.4. The standard InChI is InChI=1S/C15H23F3O5S/c16-12(15(17,18)24(20,21)22)1-2-23-9-13-4-10-3-11(5-13)7-14(19,6-10)8-13/h10-12,19H,1-9H2,(H,20,21,22)/p-1. The summed E-state index contributed by atoms with van der Waals surface area (Å²) < 4.78 is 76.0. The van der Waals surface area contributed by atoms with Gasteiger partial charge < -0.3 is 14.4 Å². The summed E-state index contributed by atoms with van der Waals surface area (Å²) in [6.07, 6.45) is 1.19. The van der Waals surface area contributed by atoms with Crippen molar-refractivity contribution in [3.8, 4) is 0 Å². The predicted molar refractivity (Wildman–Crippen MR) is 77.0 cm³/mol. The molecule has 4 fully saturated rings. The molecule has 140 valence electrons. The van der Waals surface area contributed by atoms with Crippen LogP contribution in [0.3, 0.4) is 0 Å². The Balaban J connectivity index is 1.51. The zero-order valence-corrected chi connectivity index (χ0v) is 14.0. The summed E-state index contributed by atoms with van der Waals surface area (Å²) >= 11 is 0. The number of aliphatic hydroxyl groups is 1. The van der Waals surface area contributed by atoms with Gasteiger partial charge in [0.05, 0.1) is 12.2 Å². The quantitative estimate of drug-likeness (QED) is 0.548. The lowest BCUT2D eigenvalue weighted by molar-refractivity contribution is -0.181. The molecule has 9 heteroatoms. The Kier molecular flexibility index (Phi) is 4.47. The molecule has 4 aliphatic rings. The largest absolute Gasteiger partial charge is 0.743 e. The van der Waals surface area contributed by atoms with E-state index in [1.165, 1.54) is 0 Å². The average Bonchev–Trinajstić information content (AvgIpc) is 2.39. The van der Waals surface area contributed by atoms with Crippen LogP contribution in [0.1, 0.15) is 44.9 Å². The summed E-state index contributed by atoms with van der Waals surface area (Å²) in [5.74, 6) is 0.896. The molecule has 0 aliphatic heterocycles. The fourth-order valence-electron chi connectivity index (χ4n) is 5.37. The van der Waals surface area contributed by atoms with Crippen LogP contribution in [0.4, 0.5) is 13.2 Å². The molecule has 1 N–H and O–H groups in total. The van der Waals surface area contributed by atoms with Gasteiger partial charge in [-0.05, 0) is 55.8 Å². The maximum atomic E-state index is 13.4. The lowest BCUT2D eigenvalue weighted by Gasteiger charge is -2.60. The topological polar surface area (TPSA) is 86.7 Å². The summed E-state index contributed by atoms with van der Waals surface area (Å²) in [4.78, 5) is 0. The lowest BCUT2D eigenvalue weighted by atomic mass is 9.48. The van der Waals surface area contributed by atoms with Crippen LogP contribution in [0.5, 0.6) is 0 Å². The monoisotopic (exact) mass is 371 g/mol. The molecule has 0 aromatic heterocycles. The highest BCUT2D eigenvalue weighted by molar-refractivity contribution is 7.86. The number of rotatable bonds is 7. The van der Waals surface area contributed by atoms with Gasteiger partial charge in [0.25, 0.3) is 0 Å². The fraction of sp³-hybridized carbons (Fsp3) is 1.00. The van der Waals surface area contributed by atoms with Gasteiger partial charge in [-0.1, -0.05) is 0 Å². The van der Waals surface area contributed by atoms with Gasteiger partial charge in [0.2, 0.25) is 0 Å². The van der Waals surface area contributed by atoms with Crippen molar-refractivity contribution in [1.29, 1.82) is 0 Å². The van der Waals surface area contributed by atoms with Crippen LogP contribution in [0.25, 0.3) is 0 Å². The molecule has 4 rings (SSSR count). The summed E-state index contributed by atoms with van der Waals surface area (Å²) in [6, 6.07) is 0. The van der Waals surface area contributed by atoms with Crippen molar-refractivity contribution < 1.29 is 36.0 Å². The van der Waals surface area contributed by atoms with Gasteiger partial charge in [-0.2, -0.15) is 8.78 Å². The third-order valence-electron chi connectivity index (χ3n) is 5.77. The smallest absolute Gasteiger partial charge is 0.364 e. The Bertz CT molecular complexity index is 580. The first-order valence-electron chi connectivity index (χ1n) is 8.22. The number of hydrogen-bond donors (Lipinski definition) is 1. The summed E-state index contributed by atoms with van der Waals surface area (Å²) in [5.41, 5.74) is -0.864. The van der Waals surface area contributed by atoms with Crippen molar-refractivity contribution >= 4 is 10.1 Å². The Morgan fingerprint density at radius 3 is 2.33 bits per heavy atom. The Hall–Kier alpha value is -0.380. The molecule has 3 atom stereocenters. The molecular formula is C15H22F3O5S-. The summed E-state index contributed by atoms with van der Waals surface area (Å²) in [5, 5.41) is 5.65. The molecule has 3 unspecified atom stereocenters. The third-order valence-corrected chi connectivity index (χ3v) is 6.70. The van der Waals surface area contributed by atoms with Crippen LogP contribution < -0.4 is 0 Å². The van der Waals surface area contributed by atoms with E-state index in [4.69, 9.17) is 4.74 Å². The Labute approximate surface area is 139 Å². The fourth-order valence-corrected chi connectivity index (χ4v) is 5.80. The zero-order chi connectivity index (χ0) is 17.8. The first-order chi connectivity index (χ1) is 10.9. The van der Waals surface area contributed by atoms with E-state index in [0.29, 0.717) is 18.3 Å². The second kappa shape index (κ2) is 5.82. The second-order valence-electron chi connectivity index (χ2n) is 8.01. The predicted octanol–water partition coefficient (Wildman–Crippen LogP) is 2.20. The van der Waals surface area contributed by atoms with Crippen LogP contribution in [0.2, 0.25) is 0 Å². The Morgan fingerprint density at radius 2 is 1.83 bits per heavy atom. The van der Waals surface area contributed by atoms with E-state index >= 15 is 0 Å². The average molecular weight is 371 g/mol. The zero-order valence-electron chi connectivity index (χ0n) is 13.2. The summed E-state index contributed by atoms with van der Waals surface area (Å²) in [7, 11) is -6.03. The third kappa shape index (κ3) is 3.32. The molecule has 0 aromatic carbocycles. The van der Waals surface area contributed by atoms with Gasteiger partial charge in [-0.3, -0.25) is 0 Å². The van der Waals surface area contributed by atoms with Crippen LogP contribution in [-0.2, 0) is 14.9 Å². The molecule has 0 amide bonds. The van der Waals surface area contributed by atoms with Gasteiger partial charge in [0.15, 0.2) is 16.3 Å². The molecule has 0 radical (unpaired) electrons. The van der Waals surface area contributed by atoms with E-state index in [-0.39, 0.29) is 18.6 Å². The van der Waals surface area contributed by atoms with Crippen LogP contribution >= 0.6 is 0 Å². The molecule has 0 heterocycles. The minimum Gasteiger partial charge on any atom is -0.743 e. The molecule has 24 heavy (non-hydrogen) atoms. The van der Waals surface area contributed by atoms with Crippen LogP contribution in [-0.4, -0.2) is 48.3 Å². The number of hydrogen-bond acceptors (Lipinski definition) is 5. The molecule has 4 aliphatic carbocycles. The first-order valence-corrected chi connectivity index (χ1v) is 9.63. The van der Waals surface area contributed by atoms with E-state index in [2.05, 4.69) is 0 Å². The minimum absolute atomic E-state index is 0.197. The van der Waals surface area contributed by atoms with Crippen molar-refractivity contribution in [3.63, 3.8) is 0 Å². The highest BCUT2D eigenvalue weighted by atomic mass is 32.2. The van der Waals surface area contributed by atoms with Crippen molar-refractivity contribution in [2.24, 2.45) is 17.3 Å². The first kappa shape index (κ1) is 18.4. The van der Waals surface area contributed by atoms with Crippen LogP contribution in [0.15, 0.2) is 0 Å². The van der Waals surface area contributed by atoms with Crippen molar-refractivity contribution in [3.05, 3.63) is 0 Å². The molecule has 0 spiro atoms. The van der Waals surface area contributed by atoms with Crippen LogP contribution in [0, 0.1) is 17.3 Å². The highest BCUT2D eigenvalue weighted by Crippen LogP contribution is 2.61. The molecule has 0 aromatic rings. The van der Waals surface area contributed by atoms with Gasteiger partial charge >= 0.3 is 5.25 Å². The van der Waals surface area contributed by atoms with Crippen molar-refractivity contribution in [2.75, 3.05) is 13.2 Å². The van der Waals surface area contributed by atoms with Gasteiger partial charge in [-0.15, -0.1) is 0 Å². The van der Waals surface area contributed by atoms with E-state index in [0.717, 1.165) is 32.1 Å². The van der Waals surface area contributed by atoms with Gasteiger partial charge in [0, 0.05) is 13.0 Å². The van der Waals surface area contributed by atoms with E-state index in [1.54, 1.807) is 0 Å². The SMILES string of the molecule is O=S(=O)([O-])C(F)(F)C(F)CCOCC12CC3CC(CC(O)(C3)C1)C2. The van der Waals surface area contributed by atoms with E-state index in [1.807, 2.05) is 0 Å². The van der Waals surface area contributed by atoms with Crippen molar-refractivity contribution in [2.45, 2.75) is 62.0 Å². The number of halogens is 3. The highest BCUT2D eigenvalue weighted by Gasteiger charge is 2.57. The lowest BCUT2D eigenvalue weighted by Crippen LogP contribution is -2.57. The Morgan fingerprint density at radius 1 is 1.25 bits per heavy atom. The summed E-state index contributed by atoms with van der Waals surface area (Å²) in [6.45, 7) is -0.146. The number of alkyl halides is 3.